The molecule has 342 valence electrons. The van der Waals surface area contributed by atoms with Crippen LogP contribution in [0.25, 0.3) is 44.1 Å². The zero-order chi connectivity index (χ0) is 47.2. The smallest absolute Gasteiger partial charge is 0.153 e. The summed E-state index contributed by atoms with van der Waals surface area (Å²) in [5.74, 6) is 15.5. The molecule has 0 aliphatic carbocycles. The maximum absolute atomic E-state index is 12.4. The number of pyridine rings is 2. The number of hydrogen-bond acceptors (Lipinski definition) is 9. The molecule has 1 unspecified atom stereocenters. The van der Waals surface area contributed by atoms with Gasteiger partial charge in [0.1, 0.15) is 22.6 Å². The van der Waals surface area contributed by atoms with Gasteiger partial charge in [-0.2, -0.15) is 10.2 Å². The summed E-state index contributed by atoms with van der Waals surface area (Å²) in [4.78, 5) is 9.66. The van der Waals surface area contributed by atoms with Crippen LogP contribution in [0, 0.1) is 23.7 Å². The van der Waals surface area contributed by atoms with E-state index in [1.807, 2.05) is 68.7 Å². The minimum absolute atomic E-state index is 0. The van der Waals surface area contributed by atoms with Crippen LogP contribution in [0.4, 0.5) is 0 Å². The summed E-state index contributed by atoms with van der Waals surface area (Å²) in [6.45, 7) is 19.1. The highest BCUT2D eigenvalue weighted by Gasteiger charge is 2.27. The standard InChI is InChI=1S/C25H30ClN3O2S.C24H29N3O3S.CH4/c1-24(2,3)23-18(10-9-16(27-23)13-14-25(4,5)30)17-11-12-19(26)21-20(15-32(7,8)31)28-29(6)22(17)21;1-23(2,3)22-18(12-11-16(25-22)13-14-24(4,5)28)17-9-8-10-19-20(15-31(7,29)30)26-27(6)21(17)19;/h9-12,30H,7,15H2,1-6,8H3;8-12,28H,15H2,1-7H3;1H4. The molecule has 0 spiro atoms. The topological polar surface area (TPSA) is 153 Å². The zero-order valence-electron chi connectivity index (χ0n) is 38.8. The summed E-state index contributed by atoms with van der Waals surface area (Å²) < 4.78 is 39.7. The van der Waals surface area contributed by atoms with E-state index < -0.39 is 30.6 Å². The molecular weight excluding hydrogens is 864 g/mol. The first kappa shape index (κ1) is 51.6. The molecule has 4 aromatic heterocycles. The van der Waals surface area contributed by atoms with Crippen LogP contribution in [0.1, 0.15) is 111 Å². The van der Waals surface area contributed by atoms with Crippen molar-refractivity contribution in [2.24, 2.45) is 14.1 Å². The van der Waals surface area contributed by atoms with E-state index in [1.54, 1.807) is 43.3 Å². The molecule has 0 saturated heterocycles. The molecule has 0 amide bonds. The largest absolute Gasteiger partial charge is 0.378 e. The number of para-hydroxylation sites is 1. The Kier molecular flexibility index (Phi) is 14.9. The second-order valence-electron chi connectivity index (χ2n) is 19.4. The van der Waals surface area contributed by atoms with Crippen molar-refractivity contribution in [3.05, 3.63) is 93.8 Å². The second kappa shape index (κ2) is 18.5. The lowest BCUT2D eigenvalue weighted by Gasteiger charge is -2.22. The van der Waals surface area contributed by atoms with Gasteiger partial charge in [0.05, 0.1) is 50.3 Å². The third-order valence-electron chi connectivity index (χ3n) is 9.58. The summed E-state index contributed by atoms with van der Waals surface area (Å²) in [7, 11) is -1.81. The third-order valence-corrected chi connectivity index (χ3v) is 11.6. The normalized spacial score (nSPS) is 13.2. The fraction of sp³-hybridized carbons (Fsp3) is 0.420. The number of benzene rings is 2. The fourth-order valence-corrected chi connectivity index (χ4v) is 8.87. The molecule has 0 saturated carbocycles. The van der Waals surface area contributed by atoms with E-state index in [4.69, 9.17) is 21.6 Å². The highest BCUT2D eigenvalue weighted by molar-refractivity contribution is 7.98. The van der Waals surface area contributed by atoms with E-state index in [2.05, 4.69) is 81.3 Å². The van der Waals surface area contributed by atoms with Crippen molar-refractivity contribution in [2.75, 3.05) is 12.5 Å². The lowest BCUT2D eigenvalue weighted by atomic mass is 9.85. The summed E-state index contributed by atoms with van der Waals surface area (Å²) in [5, 5.41) is 31.2. The maximum atomic E-state index is 12.4. The lowest BCUT2D eigenvalue weighted by molar-refractivity contribution is 0.143. The summed E-state index contributed by atoms with van der Waals surface area (Å²) >= 11 is 6.58. The molecule has 0 aliphatic heterocycles. The lowest BCUT2D eigenvalue weighted by Crippen LogP contribution is -2.17. The van der Waals surface area contributed by atoms with Crippen LogP contribution in [-0.2, 0) is 55.8 Å². The van der Waals surface area contributed by atoms with Gasteiger partial charge >= 0.3 is 0 Å². The number of aryl methyl sites for hydroxylation is 2. The van der Waals surface area contributed by atoms with Crippen LogP contribution >= 0.6 is 11.6 Å². The molecule has 6 aromatic rings. The molecule has 1 atom stereocenters. The van der Waals surface area contributed by atoms with Crippen LogP contribution < -0.4 is 0 Å². The molecule has 0 bridgehead atoms. The average Bonchev–Trinajstić information content (AvgIpc) is 3.62. The Balaban J connectivity index is 0.000000276. The fourth-order valence-electron chi connectivity index (χ4n) is 7.12. The number of hydrogen-bond donors (Lipinski definition) is 2. The molecule has 0 fully saturated rings. The highest BCUT2D eigenvalue weighted by atomic mass is 35.5. The summed E-state index contributed by atoms with van der Waals surface area (Å²) in [6, 6.07) is 17.3. The summed E-state index contributed by atoms with van der Waals surface area (Å²) in [6.07, 6.45) is 2.84. The molecular formula is C50H63ClN6O5S2. The second-order valence-corrected chi connectivity index (χ2v) is 24.6. The first-order chi connectivity index (χ1) is 28.7. The maximum Gasteiger partial charge on any atom is 0.153 e. The van der Waals surface area contributed by atoms with Crippen molar-refractivity contribution in [3.8, 4) is 45.9 Å². The van der Waals surface area contributed by atoms with Gasteiger partial charge in [-0.1, -0.05) is 96.7 Å². The zero-order valence-corrected chi connectivity index (χ0v) is 41.2. The van der Waals surface area contributed by atoms with E-state index in [0.29, 0.717) is 27.8 Å². The minimum Gasteiger partial charge on any atom is -0.378 e. The SMILES string of the molecule is C.C=S(C)(=O)Cc1nn(C)c2c(-c3ccc(C#CC(C)(C)O)nc3C(C)(C)C)ccc(Cl)c12.Cn1nc(CS(C)(=O)=O)c2cccc(-c3ccc(C#CC(C)(C)O)nc3C(C)(C)C)c21. The molecule has 0 radical (unpaired) electrons. The van der Waals surface area contributed by atoms with Gasteiger partial charge in [0.2, 0.25) is 0 Å². The number of rotatable bonds is 6. The van der Waals surface area contributed by atoms with Crippen LogP contribution in [0.2, 0.25) is 5.02 Å². The molecule has 4 heterocycles. The van der Waals surface area contributed by atoms with Gasteiger partial charge in [-0.3, -0.25) is 13.6 Å². The number of aliphatic hydroxyl groups is 2. The van der Waals surface area contributed by atoms with Gasteiger partial charge in [0.25, 0.3) is 0 Å². The van der Waals surface area contributed by atoms with E-state index >= 15 is 0 Å². The summed E-state index contributed by atoms with van der Waals surface area (Å²) in [5.41, 5.74) is 6.93. The van der Waals surface area contributed by atoms with Crippen LogP contribution in [0.15, 0.2) is 54.6 Å². The van der Waals surface area contributed by atoms with Crippen molar-refractivity contribution in [1.82, 2.24) is 29.5 Å². The van der Waals surface area contributed by atoms with Gasteiger partial charge in [-0.05, 0) is 85.3 Å². The Bertz CT molecular complexity index is 3100. The predicted molar refractivity (Wildman–Crippen MR) is 267 cm³/mol. The first-order valence-corrected chi connectivity index (χ1v) is 25.1. The number of nitrogens with zero attached hydrogens (tertiary/aromatic N) is 6. The molecule has 2 N–H and O–H groups in total. The monoisotopic (exact) mass is 926 g/mol. The molecule has 11 nitrogen and oxygen atoms in total. The number of halogens is 1. The Morgan fingerprint density at radius 1 is 0.641 bits per heavy atom. The van der Waals surface area contributed by atoms with Gasteiger partial charge in [-0.15, -0.1) is 0 Å². The van der Waals surface area contributed by atoms with Crippen LogP contribution in [0.5, 0.6) is 0 Å². The molecule has 14 heteroatoms. The molecule has 0 aliphatic rings. The average molecular weight is 928 g/mol. The van der Waals surface area contributed by atoms with Gasteiger partial charge in [0, 0.05) is 70.5 Å². The molecule has 2 aromatic carbocycles. The van der Waals surface area contributed by atoms with Crippen molar-refractivity contribution in [1.29, 1.82) is 0 Å². The van der Waals surface area contributed by atoms with Crippen LogP contribution in [0.3, 0.4) is 0 Å². The minimum atomic E-state index is -3.21. The number of sulfone groups is 1. The van der Waals surface area contributed by atoms with Gasteiger partial charge in [0.15, 0.2) is 9.84 Å². The Morgan fingerprint density at radius 2 is 1.08 bits per heavy atom. The van der Waals surface area contributed by atoms with E-state index in [-0.39, 0.29) is 29.8 Å². The van der Waals surface area contributed by atoms with Crippen molar-refractivity contribution < 1.29 is 22.8 Å². The highest BCUT2D eigenvalue weighted by Crippen LogP contribution is 2.40. The first-order valence-electron chi connectivity index (χ1n) is 20.3. The Morgan fingerprint density at radius 3 is 1.52 bits per heavy atom. The van der Waals surface area contributed by atoms with E-state index in [0.717, 1.165) is 55.4 Å². The van der Waals surface area contributed by atoms with Crippen molar-refractivity contribution in [3.63, 3.8) is 0 Å². The Hall–Kier alpha value is -5.02. The van der Waals surface area contributed by atoms with Gasteiger partial charge in [-0.25, -0.2) is 18.4 Å². The molecule has 64 heavy (non-hydrogen) atoms. The third kappa shape index (κ3) is 12.8. The van der Waals surface area contributed by atoms with E-state index in [9.17, 15) is 22.8 Å². The van der Waals surface area contributed by atoms with E-state index in [1.165, 1.54) is 6.26 Å². The van der Waals surface area contributed by atoms with Crippen molar-refractivity contribution >= 4 is 58.6 Å². The molecule has 6 rings (SSSR count). The quantitative estimate of drug-likeness (QED) is 0.123. The number of fused-ring (bicyclic) bond motifs is 2. The van der Waals surface area contributed by atoms with Crippen molar-refractivity contribution in [2.45, 2.75) is 110 Å². The van der Waals surface area contributed by atoms with Gasteiger partial charge < -0.3 is 10.2 Å². The Labute approximate surface area is 385 Å². The van der Waals surface area contributed by atoms with Crippen LogP contribution in [-0.4, -0.2) is 82.0 Å². The number of aromatic nitrogens is 6. The predicted octanol–water partition coefficient (Wildman–Crippen LogP) is 8.79.